The van der Waals surface area contributed by atoms with Crippen LogP contribution in [-0.2, 0) is 4.79 Å². The fourth-order valence-corrected chi connectivity index (χ4v) is 4.29. The van der Waals surface area contributed by atoms with Crippen LogP contribution in [0.4, 0.5) is 10.1 Å². The first kappa shape index (κ1) is 25.6. The van der Waals surface area contributed by atoms with Gasteiger partial charge in [-0.2, -0.15) is 0 Å². The fourth-order valence-electron chi connectivity index (χ4n) is 4.29. The maximum Gasteiger partial charge on any atom is 0.224 e. The first-order chi connectivity index (χ1) is 14.6. The number of nitrogens with zero attached hydrogens (tertiary/aromatic N) is 4. The third kappa shape index (κ3) is 7.48. The molecule has 1 aromatic rings. The summed E-state index contributed by atoms with van der Waals surface area (Å²) in [6, 6.07) is 7.10. The summed E-state index contributed by atoms with van der Waals surface area (Å²) >= 11 is 0. The van der Waals surface area contributed by atoms with Crippen molar-refractivity contribution in [1.82, 2.24) is 20.4 Å². The number of benzene rings is 1. The zero-order valence-electron chi connectivity index (χ0n) is 18.6. The lowest BCUT2D eigenvalue weighted by Crippen LogP contribution is -2.49. The Morgan fingerprint density at radius 1 is 1.13 bits per heavy atom. The van der Waals surface area contributed by atoms with Crippen LogP contribution in [0, 0.1) is 5.82 Å². The van der Waals surface area contributed by atoms with Gasteiger partial charge in [0.2, 0.25) is 5.91 Å². The van der Waals surface area contributed by atoms with Gasteiger partial charge in [-0.1, -0.05) is 6.92 Å². The number of hydrogen-bond acceptors (Lipinski definition) is 4. The SMILES string of the molecule is CCN1CCCC1CNC(=NC)NCCC(=O)N1CCN(c2ccc(F)cc2)CC1.I. The van der Waals surface area contributed by atoms with Crippen molar-refractivity contribution in [3.05, 3.63) is 30.1 Å². The average Bonchev–Trinajstić information content (AvgIpc) is 3.24. The van der Waals surface area contributed by atoms with Crippen LogP contribution in [0.25, 0.3) is 0 Å². The van der Waals surface area contributed by atoms with E-state index in [1.165, 1.54) is 31.5 Å². The molecule has 2 aliphatic heterocycles. The quantitative estimate of drug-likeness (QED) is 0.312. The first-order valence-corrected chi connectivity index (χ1v) is 11.1. The summed E-state index contributed by atoms with van der Waals surface area (Å²) in [7, 11) is 1.76. The van der Waals surface area contributed by atoms with Crippen molar-refractivity contribution in [1.29, 1.82) is 0 Å². The van der Waals surface area contributed by atoms with Crippen molar-refractivity contribution < 1.29 is 9.18 Å². The lowest BCUT2D eigenvalue weighted by atomic mass is 10.2. The van der Waals surface area contributed by atoms with Crippen molar-refractivity contribution in [3.63, 3.8) is 0 Å². The highest BCUT2D eigenvalue weighted by molar-refractivity contribution is 14.0. The highest BCUT2D eigenvalue weighted by Crippen LogP contribution is 2.17. The van der Waals surface area contributed by atoms with E-state index in [-0.39, 0.29) is 35.7 Å². The number of amides is 1. The Balaban J connectivity index is 0.00000341. The fraction of sp³-hybridized carbons (Fsp3) is 0.636. The molecule has 1 amide bonds. The number of nitrogens with one attached hydrogen (secondary N) is 2. The van der Waals surface area contributed by atoms with Crippen LogP contribution >= 0.6 is 24.0 Å². The van der Waals surface area contributed by atoms with Gasteiger partial charge < -0.3 is 20.4 Å². The minimum Gasteiger partial charge on any atom is -0.368 e. The number of halogens is 2. The molecule has 2 saturated heterocycles. The summed E-state index contributed by atoms with van der Waals surface area (Å²) in [6.07, 6.45) is 2.93. The van der Waals surface area contributed by atoms with Crippen molar-refractivity contribution >= 4 is 41.5 Å². The number of rotatable bonds is 7. The minimum atomic E-state index is -0.226. The molecular weight excluding hydrogens is 510 g/mol. The number of carbonyl (C=O) groups excluding carboxylic acids is 1. The molecule has 1 unspecified atom stereocenters. The summed E-state index contributed by atoms with van der Waals surface area (Å²) in [5.41, 5.74) is 1.00. The summed E-state index contributed by atoms with van der Waals surface area (Å²) in [6.45, 7) is 8.84. The number of carbonyl (C=O) groups is 1. The largest absolute Gasteiger partial charge is 0.368 e. The van der Waals surface area contributed by atoms with Crippen molar-refractivity contribution in [2.24, 2.45) is 4.99 Å². The van der Waals surface area contributed by atoms with E-state index < -0.39 is 0 Å². The number of piperazine rings is 1. The Labute approximate surface area is 202 Å². The van der Waals surface area contributed by atoms with Crippen LogP contribution in [0.5, 0.6) is 0 Å². The number of guanidine groups is 1. The third-order valence-electron chi connectivity index (χ3n) is 6.09. The molecule has 1 atom stereocenters. The predicted molar refractivity (Wildman–Crippen MR) is 135 cm³/mol. The lowest BCUT2D eigenvalue weighted by molar-refractivity contribution is -0.131. The number of hydrogen-bond donors (Lipinski definition) is 2. The number of likely N-dealkylation sites (N-methyl/N-ethyl adjacent to an activating group) is 1. The number of anilines is 1. The molecule has 2 aliphatic rings. The summed E-state index contributed by atoms with van der Waals surface area (Å²) in [4.78, 5) is 23.4. The Kier molecular flexibility index (Phi) is 10.8. The molecule has 0 spiro atoms. The summed E-state index contributed by atoms with van der Waals surface area (Å²) in [5, 5.41) is 6.66. The molecule has 2 fully saturated rings. The maximum atomic E-state index is 13.1. The highest BCUT2D eigenvalue weighted by Gasteiger charge is 2.23. The summed E-state index contributed by atoms with van der Waals surface area (Å²) < 4.78 is 13.1. The van der Waals surface area contributed by atoms with E-state index in [0.717, 1.165) is 37.8 Å². The Morgan fingerprint density at radius 3 is 2.48 bits per heavy atom. The molecule has 1 aromatic carbocycles. The van der Waals surface area contributed by atoms with Gasteiger partial charge in [-0.25, -0.2) is 4.39 Å². The van der Waals surface area contributed by atoms with E-state index in [2.05, 4.69) is 32.3 Å². The van der Waals surface area contributed by atoms with E-state index in [0.29, 0.717) is 32.1 Å². The van der Waals surface area contributed by atoms with Gasteiger partial charge in [-0.15, -0.1) is 24.0 Å². The van der Waals surface area contributed by atoms with Crippen molar-refractivity contribution in [2.75, 3.05) is 64.3 Å². The van der Waals surface area contributed by atoms with Crippen LogP contribution < -0.4 is 15.5 Å². The standard InChI is InChI=1S/C22H35FN6O.HI/c1-3-27-12-4-5-20(27)17-26-22(24-2)25-11-10-21(30)29-15-13-28(14-16-29)19-8-6-18(23)7-9-19;/h6-9,20H,3-5,10-17H2,1-2H3,(H2,24,25,26);1H. The molecule has 0 aromatic heterocycles. The van der Waals surface area contributed by atoms with E-state index in [9.17, 15) is 9.18 Å². The lowest BCUT2D eigenvalue weighted by Gasteiger charge is -2.36. The topological polar surface area (TPSA) is 63.2 Å². The van der Waals surface area contributed by atoms with Crippen molar-refractivity contribution in [3.8, 4) is 0 Å². The molecule has 9 heteroatoms. The van der Waals surface area contributed by atoms with Crippen LogP contribution in [0.3, 0.4) is 0 Å². The molecule has 3 rings (SSSR count). The Hall–Kier alpha value is -1.62. The second-order valence-electron chi connectivity index (χ2n) is 7.90. The smallest absolute Gasteiger partial charge is 0.224 e. The first-order valence-electron chi connectivity index (χ1n) is 11.1. The van der Waals surface area contributed by atoms with Gasteiger partial charge in [-0.05, 0) is 50.2 Å². The van der Waals surface area contributed by atoms with Gasteiger partial charge in [0.15, 0.2) is 5.96 Å². The van der Waals surface area contributed by atoms with Gasteiger partial charge in [-0.3, -0.25) is 14.7 Å². The highest BCUT2D eigenvalue weighted by atomic mass is 127. The predicted octanol–water partition coefficient (Wildman–Crippen LogP) is 2.13. The van der Waals surface area contributed by atoms with Gasteiger partial charge in [0.25, 0.3) is 0 Å². The molecular formula is C22H36FIN6O. The van der Waals surface area contributed by atoms with Crippen LogP contribution in [0.15, 0.2) is 29.3 Å². The zero-order chi connectivity index (χ0) is 21.3. The van der Waals surface area contributed by atoms with Gasteiger partial charge in [0, 0.05) is 64.5 Å². The number of aliphatic imine (C=N–C) groups is 1. The molecule has 2 N–H and O–H groups in total. The van der Waals surface area contributed by atoms with Crippen LogP contribution in [0.1, 0.15) is 26.2 Å². The normalized spacial score (nSPS) is 19.8. The molecule has 31 heavy (non-hydrogen) atoms. The maximum absolute atomic E-state index is 13.1. The zero-order valence-corrected chi connectivity index (χ0v) is 21.0. The second-order valence-corrected chi connectivity index (χ2v) is 7.90. The van der Waals surface area contributed by atoms with E-state index in [4.69, 9.17) is 0 Å². The molecule has 0 saturated carbocycles. The van der Waals surface area contributed by atoms with Crippen LogP contribution in [0.2, 0.25) is 0 Å². The second kappa shape index (κ2) is 13.0. The Bertz CT molecular complexity index is 708. The monoisotopic (exact) mass is 546 g/mol. The van der Waals surface area contributed by atoms with E-state index in [1.807, 2.05) is 4.90 Å². The molecule has 174 valence electrons. The van der Waals surface area contributed by atoms with Gasteiger partial charge in [0.1, 0.15) is 5.82 Å². The summed E-state index contributed by atoms with van der Waals surface area (Å²) in [5.74, 6) is 0.687. The number of likely N-dealkylation sites (tertiary alicyclic amines) is 1. The third-order valence-corrected chi connectivity index (χ3v) is 6.09. The van der Waals surface area contributed by atoms with Crippen LogP contribution in [-0.4, -0.2) is 87.1 Å². The average molecular weight is 546 g/mol. The van der Waals surface area contributed by atoms with E-state index >= 15 is 0 Å². The molecule has 0 aliphatic carbocycles. The minimum absolute atomic E-state index is 0. The molecule has 0 bridgehead atoms. The van der Waals surface area contributed by atoms with E-state index in [1.54, 1.807) is 19.2 Å². The Morgan fingerprint density at radius 2 is 1.84 bits per heavy atom. The molecule has 2 heterocycles. The van der Waals surface area contributed by atoms with Gasteiger partial charge in [0.05, 0.1) is 0 Å². The molecule has 0 radical (unpaired) electrons. The van der Waals surface area contributed by atoms with Crippen molar-refractivity contribution in [2.45, 2.75) is 32.2 Å². The van der Waals surface area contributed by atoms with Gasteiger partial charge >= 0.3 is 0 Å². The molecule has 7 nitrogen and oxygen atoms in total.